The van der Waals surface area contributed by atoms with Gasteiger partial charge in [0.15, 0.2) is 0 Å². The second kappa shape index (κ2) is 6.98. The fraction of sp³-hybridized carbons (Fsp3) is 0. The Hall–Kier alpha value is -2.37. The SMILES string of the molecule is IN(c1ccccc1-c1ccccc1)c1cccc2c1sc1ccccc12. The molecule has 0 atom stereocenters. The minimum atomic E-state index is 1.20. The molecule has 27 heavy (non-hydrogen) atoms. The smallest absolute Gasteiger partial charge is 0.0689 e. The Morgan fingerprint density at radius 2 is 1.26 bits per heavy atom. The lowest BCUT2D eigenvalue weighted by Gasteiger charge is -2.21. The molecule has 0 amide bonds. The van der Waals surface area contributed by atoms with Crippen molar-refractivity contribution in [2.45, 2.75) is 0 Å². The quantitative estimate of drug-likeness (QED) is 0.187. The molecule has 0 saturated carbocycles. The standard InChI is InChI=1S/C24H16INS/c25-26(21-14-6-4-11-18(21)17-9-2-1-3-10-17)22-15-8-13-20-19-12-5-7-16-23(19)27-24(20)22/h1-16H. The number of para-hydroxylation sites is 1. The maximum Gasteiger partial charge on any atom is 0.0689 e. The van der Waals surface area contributed by atoms with E-state index in [1.54, 1.807) is 0 Å². The number of nitrogens with zero attached hydrogens (tertiary/aromatic N) is 1. The van der Waals surface area contributed by atoms with Crippen LogP contribution in [-0.4, -0.2) is 0 Å². The summed E-state index contributed by atoms with van der Waals surface area (Å²) in [6.07, 6.45) is 0. The number of hydrogen-bond donors (Lipinski definition) is 0. The molecular weight excluding hydrogens is 461 g/mol. The van der Waals surface area contributed by atoms with E-state index in [1.165, 1.54) is 42.7 Å². The highest BCUT2D eigenvalue weighted by atomic mass is 127. The van der Waals surface area contributed by atoms with Gasteiger partial charge < -0.3 is 0 Å². The highest BCUT2D eigenvalue weighted by Crippen LogP contribution is 2.44. The van der Waals surface area contributed by atoms with Crippen molar-refractivity contribution in [2.75, 3.05) is 3.11 Å². The second-order valence-electron chi connectivity index (χ2n) is 6.42. The number of hydrogen-bond acceptors (Lipinski definition) is 2. The lowest BCUT2D eigenvalue weighted by atomic mass is 10.0. The third kappa shape index (κ3) is 2.91. The average Bonchev–Trinajstić information content (AvgIpc) is 3.13. The van der Waals surface area contributed by atoms with Gasteiger partial charge in [-0.1, -0.05) is 78.9 Å². The fourth-order valence-electron chi connectivity index (χ4n) is 3.52. The van der Waals surface area contributed by atoms with Gasteiger partial charge in [0.25, 0.3) is 0 Å². The van der Waals surface area contributed by atoms with Crippen LogP contribution in [0, 0.1) is 0 Å². The van der Waals surface area contributed by atoms with Crippen LogP contribution in [0.3, 0.4) is 0 Å². The first-order chi connectivity index (χ1) is 13.3. The van der Waals surface area contributed by atoms with Crippen molar-refractivity contribution in [3.63, 3.8) is 0 Å². The van der Waals surface area contributed by atoms with Crippen LogP contribution in [0.4, 0.5) is 11.4 Å². The minimum absolute atomic E-state index is 1.20. The molecule has 0 aliphatic rings. The molecule has 1 aromatic heterocycles. The first kappa shape index (κ1) is 16.8. The molecule has 0 fully saturated rings. The Balaban J connectivity index is 1.71. The minimum Gasteiger partial charge on any atom is -0.281 e. The molecule has 0 spiro atoms. The summed E-state index contributed by atoms with van der Waals surface area (Å²) in [7, 11) is 0. The van der Waals surface area contributed by atoms with E-state index < -0.39 is 0 Å². The van der Waals surface area contributed by atoms with Crippen molar-refractivity contribution in [3.05, 3.63) is 97.1 Å². The predicted octanol–water partition coefficient (Wildman–Crippen LogP) is 8.21. The molecule has 0 bridgehead atoms. The summed E-state index contributed by atoms with van der Waals surface area (Å²) in [6, 6.07) is 34.5. The molecular formula is C24H16INS. The van der Waals surface area contributed by atoms with Crippen molar-refractivity contribution < 1.29 is 0 Å². The van der Waals surface area contributed by atoms with E-state index in [4.69, 9.17) is 0 Å². The van der Waals surface area contributed by atoms with Gasteiger partial charge in [-0.3, -0.25) is 3.11 Å². The Bertz CT molecular complexity index is 1240. The van der Waals surface area contributed by atoms with E-state index in [0.29, 0.717) is 0 Å². The summed E-state index contributed by atoms with van der Waals surface area (Å²) in [5.41, 5.74) is 4.91. The van der Waals surface area contributed by atoms with Gasteiger partial charge in [-0.15, -0.1) is 11.3 Å². The van der Waals surface area contributed by atoms with Gasteiger partial charge in [0.1, 0.15) is 0 Å². The van der Waals surface area contributed by atoms with Crippen LogP contribution in [0.15, 0.2) is 97.1 Å². The van der Waals surface area contributed by atoms with E-state index in [0.717, 1.165) is 0 Å². The molecule has 5 rings (SSSR count). The number of halogens is 1. The molecule has 130 valence electrons. The number of rotatable bonds is 3. The number of benzene rings is 4. The molecule has 0 aliphatic heterocycles. The molecule has 0 radical (unpaired) electrons. The second-order valence-corrected chi connectivity index (χ2v) is 8.43. The number of thiophene rings is 1. The van der Waals surface area contributed by atoms with Crippen LogP contribution in [0.5, 0.6) is 0 Å². The summed E-state index contributed by atoms with van der Waals surface area (Å²) in [6.45, 7) is 0. The molecule has 0 aliphatic carbocycles. The lowest BCUT2D eigenvalue weighted by Crippen LogP contribution is -2.02. The van der Waals surface area contributed by atoms with E-state index in [1.807, 2.05) is 11.3 Å². The van der Waals surface area contributed by atoms with Gasteiger partial charge in [0.05, 0.1) is 38.9 Å². The van der Waals surface area contributed by atoms with E-state index in [-0.39, 0.29) is 0 Å². The van der Waals surface area contributed by atoms with Gasteiger partial charge in [0, 0.05) is 21.0 Å². The lowest BCUT2D eigenvalue weighted by molar-refractivity contribution is 1.49. The van der Waals surface area contributed by atoms with Crippen molar-refractivity contribution in [1.29, 1.82) is 0 Å². The highest BCUT2D eigenvalue weighted by Gasteiger charge is 2.16. The molecule has 1 heterocycles. The fourth-order valence-corrected chi connectivity index (χ4v) is 5.72. The molecule has 0 saturated heterocycles. The van der Waals surface area contributed by atoms with Crippen LogP contribution in [0.1, 0.15) is 0 Å². The maximum atomic E-state index is 2.44. The van der Waals surface area contributed by atoms with Gasteiger partial charge in [-0.25, -0.2) is 0 Å². The van der Waals surface area contributed by atoms with Gasteiger partial charge >= 0.3 is 0 Å². The zero-order valence-corrected chi connectivity index (χ0v) is 17.4. The Kier molecular flexibility index (Phi) is 4.34. The largest absolute Gasteiger partial charge is 0.281 e. The van der Waals surface area contributed by atoms with Crippen molar-refractivity contribution >= 4 is 65.7 Å². The van der Waals surface area contributed by atoms with Gasteiger partial charge in [-0.05, 0) is 23.8 Å². The van der Waals surface area contributed by atoms with Crippen LogP contribution < -0.4 is 3.11 Å². The van der Waals surface area contributed by atoms with E-state index in [9.17, 15) is 0 Å². The topological polar surface area (TPSA) is 3.24 Å². The normalized spacial score (nSPS) is 11.1. The first-order valence-corrected chi connectivity index (χ1v) is 10.6. The third-order valence-electron chi connectivity index (χ3n) is 4.80. The first-order valence-electron chi connectivity index (χ1n) is 8.83. The van der Waals surface area contributed by atoms with Crippen LogP contribution in [0.2, 0.25) is 0 Å². The Labute approximate surface area is 176 Å². The Morgan fingerprint density at radius 1 is 0.593 bits per heavy atom. The molecule has 3 heteroatoms. The molecule has 0 N–H and O–H groups in total. The van der Waals surface area contributed by atoms with Gasteiger partial charge in [-0.2, -0.15) is 0 Å². The zero-order chi connectivity index (χ0) is 18.2. The third-order valence-corrected chi connectivity index (χ3v) is 7.04. The summed E-state index contributed by atoms with van der Waals surface area (Å²) < 4.78 is 4.95. The maximum absolute atomic E-state index is 2.44. The monoisotopic (exact) mass is 477 g/mol. The van der Waals surface area contributed by atoms with E-state index in [2.05, 4.69) is 123 Å². The van der Waals surface area contributed by atoms with Crippen LogP contribution >= 0.6 is 34.2 Å². The zero-order valence-electron chi connectivity index (χ0n) is 14.5. The van der Waals surface area contributed by atoms with Crippen molar-refractivity contribution in [3.8, 4) is 11.1 Å². The highest BCUT2D eigenvalue weighted by molar-refractivity contribution is 14.1. The van der Waals surface area contributed by atoms with Crippen molar-refractivity contribution in [1.82, 2.24) is 0 Å². The average molecular weight is 477 g/mol. The summed E-state index contributed by atoms with van der Waals surface area (Å²) in [5.74, 6) is 0. The number of anilines is 2. The predicted molar refractivity (Wildman–Crippen MR) is 127 cm³/mol. The molecule has 0 unspecified atom stereocenters. The summed E-state index contributed by atoms with van der Waals surface area (Å²) >= 11 is 4.30. The summed E-state index contributed by atoms with van der Waals surface area (Å²) in [5, 5.41) is 2.66. The summed E-state index contributed by atoms with van der Waals surface area (Å²) in [4.78, 5) is 0. The molecule has 1 nitrogen and oxygen atoms in total. The van der Waals surface area contributed by atoms with Crippen molar-refractivity contribution in [2.24, 2.45) is 0 Å². The van der Waals surface area contributed by atoms with E-state index >= 15 is 0 Å². The molecule has 4 aromatic carbocycles. The van der Waals surface area contributed by atoms with Gasteiger partial charge in [0.2, 0.25) is 0 Å². The van der Waals surface area contributed by atoms with Crippen LogP contribution in [-0.2, 0) is 0 Å². The Morgan fingerprint density at radius 3 is 2.15 bits per heavy atom. The van der Waals surface area contributed by atoms with Crippen LogP contribution in [0.25, 0.3) is 31.3 Å². The molecule has 5 aromatic rings. The number of fused-ring (bicyclic) bond motifs is 3.